The van der Waals surface area contributed by atoms with E-state index in [1.807, 2.05) is 6.92 Å². The number of phenolic OH excluding ortho intramolecular Hbond substituents is 2. The van der Waals surface area contributed by atoms with Crippen LogP contribution in [0.25, 0.3) is 10.9 Å². The fourth-order valence-electron chi connectivity index (χ4n) is 14.8. The lowest BCUT2D eigenvalue weighted by Gasteiger charge is -2.37. The normalized spacial score (nSPS) is 22.1. The van der Waals surface area contributed by atoms with Gasteiger partial charge in [-0.25, -0.2) is 0 Å². The van der Waals surface area contributed by atoms with Crippen LogP contribution >= 0.6 is 0 Å². The highest BCUT2D eigenvalue weighted by Crippen LogP contribution is 2.28. The van der Waals surface area contributed by atoms with Crippen LogP contribution in [0.3, 0.4) is 0 Å². The molecule has 0 unspecified atom stereocenters. The number of aromatic nitrogens is 1. The number of aromatic amines is 1. The number of aliphatic carboxylic acids is 1. The number of carboxylic acids is 1. The van der Waals surface area contributed by atoms with Crippen LogP contribution < -0.4 is 31.9 Å². The number of nitrogens with zero attached hydrogens (tertiary/aromatic N) is 5. The van der Waals surface area contributed by atoms with Crippen LogP contribution in [0.4, 0.5) is 0 Å². The Balaban J connectivity index is 1.20. The second-order valence-electron chi connectivity index (χ2n) is 31.6. The number of ketones is 2. The minimum absolute atomic E-state index is 0.00454. The number of carbonyl (C=O) groups excluding carboxylic acids is 13. The van der Waals surface area contributed by atoms with Gasteiger partial charge in [-0.05, 0) is 88.4 Å². The third-order valence-corrected chi connectivity index (χ3v) is 21.6. The molecule has 119 heavy (non-hydrogen) atoms. The molecular weight excluding hydrogens is 1520 g/mol. The number of hydrogen-bond donors (Lipinski definition) is 10. The molecular formula is C90H112N12O17. The Bertz CT molecular complexity index is 4680. The lowest BCUT2D eigenvalue weighted by molar-refractivity contribution is -0.151. The number of benzene rings is 6. The van der Waals surface area contributed by atoms with E-state index in [0.29, 0.717) is 57.1 Å². The van der Waals surface area contributed by atoms with Gasteiger partial charge in [0.1, 0.15) is 65.6 Å². The summed E-state index contributed by atoms with van der Waals surface area (Å²) < 4.78 is 0. The smallest absolute Gasteiger partial charge is 0.304 e. The van der Waals surface area contributed by atoms with E-state index >= 15 is 33.6 Å². The standard InChI is InChI=1S/C90H112N12O17/c1-11-12-32-75-89(118)98(6)53-66(105)47-62(49-81(109)110)78(106)50-68(56(4)5)86(115)101(9)76(45-58-26-18-14-19-27-58)85(114)97-73(44-61-35-39-65(104)40-36-61)87(116)99(7)54-80(108)93-72(48-63-51-91-69-31-23-22-30-67(63)69)84(113)96-71(42-60-33-37-64(103)38-34-60)83(112)95-70(41-55(2)3)82(111)92-52-79(107)94-74(43-57-24-16-13-17-25-57)88(117)102(10)77(90(119)100(75)8)46-59-28-20-15-21-29-59/h13-31,33-40,51,55-56,62,68,70-77,91,103-104H,11-12,32,41-50,52-54H2,1-10H3,(H,92,111)(H,93,108)(H,94,107)(H,95,112)(H,96,113)(H,97,114)(H,109,110)/t62-,68-,70-,71-,72-,73-,74-,75-,76-,77-/m0/s1. The molecule has 11 amide bonds. The maximum atomic E-state index is 15.5. The van der Waals surface area contributed by atoms with E-state index in [0.717, 1.165) is 14.7 Å². The van der Waals surface area contributed by atoms with E-state index in [1.54, 1.807) is 149 Å². The molecule has 1 aliphatic rings. The van der Waals surface area contributed by atoms with Crippen LogP contribution in [0.15, 0.2) is 170 Å². The molecule has 1 saturated heterocycles. The molecule has 0 aliphatic carbocycles. The Morgan fingerprint density at radius 1 is 0.445 bits per heavy atom. The molecule has 7 aromatic rings. The zero-order valence-corrected chi connectivity index (χ0v) is 69.2. The number of hydrogen-bond acceptors (Lipinski definition) is 16. The summed E-state index contributed by atoms with van der Waals surface area (Å²) >= 11 is 0. The molecule has 1 aromatic heterocycles. The molecule has 29 nitrogen and oxygen atoms in total. The van der Waals surface area contributed by atoms with Crippen molar-refractivity contribution in [1.82, 2.24) is 61.4 Å². The number of fused-ring (bicyclic) bond motifs is 1. The first-order valence-electron chi connectivity index (χ1n) is 40.2. The Morgan fingerprint density at radius 2 is 0.908 bits per heavy atom. The molecule has 1 aliphatic heterocycles. The van der Waals surface area contributed by atoms with E-state index in [1.165, 1.54) is 93.6 Å². The van der Waals surface area contributed by atoms with Gasteiger partial charge < -0.3 is 76.7 Å². The third-order valence-electron chi connectivity index (χ3n) is 21.6. The van der Waals surface area contributed by atoms with Crippen molar-refractivity contribution in [3.05, 3.63) is 203 Å². The second-order valence-corrected chi connectivity index (χ2v) is 31.6. The molecule has 634 valence electrons. The number of nitrogens with one attached hydrogen (secondary N) is 7. The summed E-state index contributed by atoms with van der Waals surface area (Å²) in [5, 5.41) is 48.2. The highest BCUT2D eigenvalue weighted by atomic mass is 16.4. The molecule has 1 fully saturated rings. The van der Waals surface area contributed by atoms with Crippen LogP contribution in [-0.2, 0) is 106 Å². The van der Waals surface area contributed by atoms with Crippen molar-refractivity contribution in [3.63, 3.8) is 0 Å². The highest BCUT2D eigenvalue weighted by Gasteiger charge is 2.42. The van der Waals surface area contributed by atoms with Crippen LogP contribution in [0.5, 0.6) is 11.5 Å². The first-order valence-corrected chi connectivity index (χ1v) is 40.2. The summed E-state index contributed by atoms with van der Waals surface area (Å²) in [5.41, 5.74) is 3.91. The van der Waals surface area contributed by atoms with Gasteiger partial charge in [-0.15, -0.1) is 0 Å². The average molecular weight is 1630 g/mol. The number of H-pyrrole nitrogens is 1. The maximum Gasteiger partial charge on any atom is 0.304 e. The van der Waals surface area contributed by atoms with Gasteiger partial charge in [0.25, 0.3) is 0 Å². The van der Waals surface area contributed by atoms with Crippen molar-refractivity contribution in [2.75, 3.05) is 54.9 Å². The molecule has 10 N–H and O–H groups in total. The zero-order chi connectivity index (χ0) is 86.7. The fourth-order valence-corrected chi connectivity index (χ4v) is 14.8. The summed E-state index contributed by atoms with van der Waals surface area (Å²) in [4.78, 5) is 217. The fraction of sp³-hybridized carbons (Fsp3) is 0.422. The SMILES string of the molecule is CCCC[C@H]1C(=O)N(C)CC(=O)C[C@@H](CC(=O)O)C(=O)C[C@@H](C(C)C)C(=O)N(C)[C@@H](Cc2ccccc2)C(=O)N[C@@H](Cc2ccc(O)cc2)C(=O)N(C)CC(=O)N[C@@H](Cc2c[nH]c3ccccc23)C(=O)N[C@@H](Cc2ccc(O)cc2)C(=O)N[C@@H](CC(C)C)C(=O)NCC(=O)N[C@@H](Cc2ccccc2)C(=O)N(C)[C@@H](Cc2ccccc2)C(=O)N1C. The van der Waals surface area contributed by atoms with Gasteiger partial charge >= 0.3 is 5.97 Å². The van der Waals surface area contributed by atoms with E-state index in [2.05, 4.69) is 36.9 Å². The number of carboxylic acid groups (broad SMARTS) is 1. The van der Waals surface area contributed by atoms with Gasteiger partial charge in [-0.2, -0.15) is 0 Å². The minimum Gasteiger partial charge on any atom is -0.508 e. The minimum atomic E-state index is -1.52. The maximum absolute atomic E-state index is 15.5. The second kappa shape index (κ2) is 44.1. The molecule has 0 bridgehead atoms. The molecule has 8 rings (SSSR count). The van der Waals surface area contributed by atoms with Gasteiger partial charge in [-0.3, -0.25) is 67.1 Å². The first kappa shape index (κ1) is 92.0. The number of Topliss-reactive ketones (excluding diaryl/α,β-unsaturated/α-hetero) is 2. The van der Waals surface area contributed by atoms with Crippen molar-refractivity contribution < 1.29 is 82.4 Å². The van der Waals surface area contributed by atoms with Crippen molar-refractivity contribution in [2.45, 2.75) is 166 Å². The van der Waals surface area contributed by atoms with E-state index in [9.17, 15) is 48.9 Å². The monoisotopic (exact) mass is 1630 g/mol. The van der Waals surface area contributed by atoms with Gasteiger partial charge in [0.15, 0.2) is 5.78 Å². The molecule has 0 spiro atoms. The predicted molar refractivity (Wildman–Crippen MR) is 446 cm³/mol. The van der Waals surface area contributed by atoms with Crippen LogP contribution in [0, 0.1) is 23.7 Å². The van der Waals surface area contributed by atoms with E-state index in [4.69, 9.17) is 0 Å². The third kappa shape index (κ3) is 27.0. The van der Waals surface area contributed by atoms with E-state index in [-0.39, 0.29) is 68.8 Å². The molecule has 6 aromatic carbocycles. The predicted octanol–water partition coefficient (Wildman–Crippen LogP) is 5.80. The Morgan fingerprint density at radius 3 is 1.45 bits per heavy atom. The first-order chi connectivity index (χ1) is 56.7. The van der Waals surface area contributed by atoms with Crippen molar-refractivity contribution in [3.8, 4) is 11.5 Å². The molecule has 2 heterocycles. The van der Waals surface area contributed by atoms with Crippen LogP contribution in [0.2, 0.25) is 0 Å². The van der Waals surface area contributed by atoms with Crippen molar-refractivity contribution in [2.24, 2.45) is 23.7 Å². The van der Waals surface area contributed by atoms with Gasteiger partial charge in [0, 0.05) is 116 Å². The number of amides is 11. The molecule has 10 atom stereocenters. The summed E-state index contributed by atoms with van der Waals surface area (Å²) in [5.74, 6) is -15.7. The zero-order valence-electron chi connectivity index (χ0n) is 69.2. The molecule has 29 heteroatoms. The number of unbranched alkanes of at least 4 members (excludes halogenated alkanes) is 1. The molecule has 0 saturated carbocycles. The quantitative estimate of drug-likeness (QED) is 0.0431. The number of aromatic hydroxyl groups is 2. The van der Waals surface area contributed by atoms with Crippen LogP contribution in [-0.4, -0.2) is 231 Å². The largest absolute Gasteiger partial charge is 0.508 e. The van der Waals surface area contributed by atoms with Crippen LogP contribution in [0.1, 0.15) is 113 Å². The number of rotatable bonds is 20. The number of para-hydroxylation sites is 1. The Hall–Kier alpha value is -12.6. The number of likely N-dealkylation sites (N-methyl/N-ethyl adjacent to an activating group) is 5. The average Bonchev–Trinajstić information content (AvgIpc) is 1.53. The Kier molecular flexibility index (Phi) is 34.1. The number of carbonyl (C=O) groups is 14. The summed E-state index contributed by atoms with van der Waals surface area (Å²) in [6.07, 6.45) is -0.461. The summed E-state index contributed by atoms with van der Waals surface area (Å²) in [7, 11) is 6.78. The van der Waals surface area contributed by atoms with Gasteiger partial charge in [0.2, 0.25) is 65.0 Å². The van der Waals surface area contributed by atoms with Crippen molar-refractivity contribution in [1.29, 1.82) is 0 Å². The summed E-state index contributed by atoms with van der Waals surface area (Å²) in [6.45, 7) is 6.65. The summed E-state index contributed by atoms with van der Waals surface area (Å²) in [6, 6.07) is 33.5. The number of phenols is 2. The van der Waals surface area contributed by atoms with E-state index < -0.39 is 187 Å². The molecule has 0 radical (unpaired) electrons. The van der Waals surface area contributed by atoms with Gasteiger partial charge in [0.05, 0.1) is 26.1 Å². The van der Waals surface area contributed by atoms with Gasteiger partial charge in [-0.1, -0.05) is 181 Å². The highest BCUT2D eigenvalue weighted by molar-refractivity contribution is 6.00. The lowest BCUT2D eigenvalue weighted by Crippen LogP contribution is -2.59. The Labute approximate surface area is 693 Å². The topological polar surface area (TPSA) is 404 Å². The lowest BCUT2D eigenvalue weighted by atomic mass is 9.83. The van der Waals surface area contributed by atoms with Crippen molar-refractivity contribution >= 4 is 93.4 Å².